The summed E-state index contributed by atoms with van der Waals surface area (Å²) in [5.41, 5.74) is 3.97. The molecule has 0 spiro atoms. The van der Waals surface area contributed by atoms with Crippen molar-refractivity contribution < 1.29 is 4.57 Å². The maximum absolute atomic E-state index is 2.52. The van der Waals surface area contributed by atoms with Crippen molar-refractivity contribution in [2.45, 2.75) is 15.6 Å². The second-order valence-corrected chi connectivity index (χ2v) is 8.83. The van der Waals surface area contributed by atoms with E-state index in [0.29, 0.717) is 11.3 Å². The molecule has 0 fully saturated rings. The predicted octanol–water partition coefficient (Wildman–Crippen LogP) is 6.29. The van der Waals surface area contributed by atoms with Gasteiger partial charge in [-0.3, -0.25) is 0 Å². The molecule has 4 aromatic rings. The zero-order chi connectivity index (χ0) is 17.3. The summed E-state index contributed by atoms with van der Waals surface area (Å²) in [4.78, 5) is 0. The quantitative estimate of drug-likeness (QED) is 0.382. The number of hydrogen-bond acceptors (Lipinski definition) is 2. The summed E-state index contributed by atoms with van der Waals surface area (Å²) in [5.74, 6) is 0. The number of benzene rings is 3. The summed E-state index contributed by atoms with van der Waals surface area (Å²) >= 11 is 3.89. The van der Waals surface area contributed by atoms with Crippen LogP contribution in [0.2, 0.25) is 0 Å². The molecule has 0 radical (unpaired) electrons. The molecule has 1 nitrogen and oxygen atoms in total. The average Bonchev–Trinajstić information content (AvgIpc) is 3.24. The van der Waals surface area contributed by atoms with Crippen LogP contribution in [0, 0.1) is 0 Å². The van der Waals surface area contributed by atoms with Crippen molar-refractivity contribution in [1.82, 2.24) is 0 Å². The van der Waals surface area contributed by atoms with Gasteiger partial charge in [0.15, 0.2) is 6.04 Å². The van der Waals surface area contributed by atoms with Crippen LogP contribution in [0.4, 0.5) is 0 Å². The molecule has 0 saturated heterocycles. The van der Waals surface area contributed by atoms with Gasteiger partial charge < -0.3 is 0 Å². The topological polar surface area (TPSA) is 3.88 Å². The number of fused-ring (bicyclic) bond motifs is 3. The Morgan fingerprint density at radius 2 is 1.46 bits per heavy atom. The molecular formula is C23H18NS2+. The van der Waals surface area contributed by atoms with Crippen molar-refractivity contribution in [1.29, 1.82) is 0 Å². The van der Waals surface area contributed by atoms with E-state index < -0.39 is 0 Å². The molecule has 0 amide bonds. The van der Waals surface area contributed by atoms with E-state index in [-0.39, 0.29) is 0 Å². The van der Waals surface area contributed by atoms with Crippen LogP contribution >= 0.6 is 23.1 Å². The monoisotopic (exact) mass is 372 g/mol. The maximum atomic E-state index is 2.52. The molecule has 1 aliphatic heterocycles. The van der Waals surface area contributed by atoms with Gasteiger partial charge in [-0.25, -0.2) is 0 Å². The van der Waals surface area contributed by atoms with Crippen molar-refractivity contribution in [2.24, 2.45) is 0 Å². The van der Waals surface area contributed by atoms with Gasteiger partial charge in [0.2, 0.25) is 5.52 Å². The molecule has 0 aliphatic carbocycles. The third kappa shape index (κ3) is 2.77. The molecular weight excluding hydrogens is 354 g/mol. The molecule has 26 heavy (non-hydrogen) atoms. The van der Waals surface area contributed by atoms with Crippen LogP contribution in [-0.4, -0.2) is 0 Å². The van der Waals surface area contributed by atoms with Crippen LogP contribution in [0.5, 0.6) is 0 Å². The molecule has 0 saturated carbocycles. The lowest BCUT2D eigenvalue weighted by Crippen LogP contribution is -2.36. The fourth-order valence-corrected chi connectivity index (χ4v) is 6.42. The number of hydrogen-bond donors (Lipinski definition) is 0. The first-order valence-electron chi connectivity index (χ1n) is 8.78. The third-order valence-corrected chi connectivity index (χ3v) is 7.45. The van der Waals surface area contributed by atoms with E-state index in [9.17, 15) is 0 Å². The maximum Gasteiger partial charge on any atom is 0.299 e. The Kier molecular flexibility index (Phi) is 4.12. The highest BCUT2D eigenvalue weighted by Gasteiger charge is 2.43. The van der Waals surface area contributed by atoms with Crippen molar-refractivity contribution in [3.63, 3.8) is 0 Å². The lowest BCUT2D eigenvalue weighted by Gasteiger charge is -2.12. The first-order chi connectivity index (χ1) is 12.9. The standard InChI is InChI=1S/C23H18NS2/c1-3-9-17(10-4-1)15-16-20-22(18-11-5-2-6-12-18)26-23-24(20)19-13-7-8-14-21(19)25-23/h1-16,20,22H/q+1/b16-15+/t20-,22-/m0/s1. The van der Waals surface area contributed by atoms with Crippen molar-refractivity contribution >= 4 is 39.4 Å². The molecule has 0 bridgehead atoms. The van der Waals surface area contributed by atoms with Gasteiger partial charge in [-0.1, -0.05) is 90.2 Å². The van der Waals surface area contributed by atoms with E-state index in [2.05, 4.69) is 102 Å². The Bertz CT molecular complexity index is 1070. The van der Waals surface area contributed by atoms with Crippen molar-refractivity contribution in [3.8, 4) is 0 Å². The van der Waals surface area contributed by atoms with Gasteiger partial charge in [0.25, 0.3) is 4.34 Å². The molecule has 1 aliphatic rings. The van der Waals surface area contributed by atoms with E-state index in [1.54, 1.807) is 0 Å². The van der Waals surface area contributed by atoms with Crippen molar-refractivity contribution in [2.75, 3.05) is 0 Å². The van der Waals surface area contributed by atoms with Crippen LogP contribution in [0.25, 0.3) is 16.3 Å². The summed E-state index contributed by atoms with van der Waals surface area (Å²) in [5, 5.41) is 0.409. The third-order valence-electron chi connectivity index (χ3n) is 4.77. The summed E-state index contributed by atoms with van der Waals surface area (Å²) in [6.07, 6.45) is 4.63. The summed E-state index contributed by atoms with van der Waals surface area (Å²) in [7, 11) is 0. The van der Waals surface area contributed by atoms with Gasteiger partial charge in [0.05, 0.1) is 0 Å². The molecule has 3 heteroatoms. The Labute approximate surface area is 161 Å². The number of thioether (sulfide) groups is 1. The number of para-hydroxylation sites is 1. The largest absolute Gasteiger partial charge is 0.299 e. The average molecular weight is 373 g/mol. The highest BCUT2D eigenvalue weighted by molar-refractivity contribution is 8.01. The number of thiazole rings is 1. The normalized spacial score (nSPS) is 19.2. The van der Waals surface area contributed by atoms with Gasteiger partial charge >= 0.3 is 0 Å². The van der Waals surface area contributed by atoms with Crippen LogP contribution in [-0.2, 0) is 0 Å². The SMILES string of the molecule is C(=C\[C@H]1[C@H](c2ccccc2)Sc2sc3ccccc3[n+]21)/c1ccccc1. The summed E-state index contributed by atoms with van der Waals surface area (Å²) in [6, 6.07) is 30.5. The van der Waals surface area contributed by atoms with E-state index in [1.165, 1.54) is 25.7 Å². The minimum atomic E-state index is 0.314. The van der Waals surface area contributed by atoms with E-state index in [1.807, 2.05) is 23.1 Å². The first kappa shape index (κ1) is 15.9. The lowest BCUT2D eigenvalue weighted by molar-refractivity contribution is -0.711. The smallest absolute Gasteiger partial charge is 0.168 e. The second-order valence-electron chi connectivity index (χ2n) is 6.42. The number of aromatic nitrogens is 1. The van der Waals surface area contributed by atoms with Gasteiger partial charge in [-0.2, -0.15) is 4.57 Å². The molecule has 0 unspecified atom stereocenters. The molecule has 126 valence electrons. The van der Waals surface area contributed by atoms with Gasteiger partial charge in [0, 0.05) is 6.07 Å². The molecule has 3 aromatic carbocycles. The van der Waals surface area contributed by atoms with E-state index in [0.717, 1.165) is 0 Å². The van der Waals surface area contributed by atoms with Gasteiger partial charge in [-0.15, -0.1) is 0 Å². The molecule has 0 N–H and O–H groups in total. The lowest BCUT2D eigenvalue weighted by atomic mass is 10.0. The van der Waals surface area contributed by atoms with Crippen LogP contribution in [0.15, 0.2) is 95.3 Å². The van der Waals surface area contributed by atoms with Crippen LogP contribution < -0.4 is 4.57 Å². The number of nitrogens with zero attached hydrogens (tertiary/aromatic N) is 1. The Hall–Kier alpha value is -2.36. The molecule has 2 heterocycles. The fraction of sp³-hybridized carbons (Fsp3) is 0.0870. The summed E-state index contributed by atoms with van der Waals surface area (Å²) < 4.78 is 5.27. The van der Waals surface area contributed by atoms with Crippen LogP contribution in [0.3, 0.4) is 0 Å². The van der Waals surface area contributed by atoms with E-state index in [4.69, 9.17) is 0 Å². The minimum absolute atomic E-state index is 0.314. The Morgan fingerprint density at radius 3 is 2.27 bits per heavy atom. The molecule has 1 aromatic heterocycles. The summed E-state index contributed by atoms with van der Waals surface area (Å²) in [6.45, 7) is 0. The first-order valence-corrected chi connectivity index (χ1v) is 10.5. The van der Waals surface area contributed by atoms with E-state index >= 15 is 0 Å². The van der Waals surface area contributed by atoms with Gasteiger partial charge in [0.1, 0.15) is 9.95 Å². The minimum Gasteiger partial charge on any atom is -0.168 e. The highest BCUT2D eigenvalue weighted by Crippen LogP contribution is 2.50. The number of rotatable bonds is 3. The second kappa shape index (κ2) is 6.75. The zero-order valence-corrected chi connectivity index (χ0v) is 15.8. The Balaban J connectivity index is 1.62. The number of allylic oxidation sites excluding steroid dienone is 1. The zero-order valence-electron chi connectivity index (χ0n) is 14.2. The van der Waals surface area contributed by atoms with Crippen LogP contribution in [0.1, 0.15) is 22.4 Å². The highest BCUT2D eigenvalue weighted by atomic mass is 32.2. The fourth-order valence-electron chi connectivity index (χ4n) is 3.53. The van der Waals surface area contributed by atoms with Crippen molar-refractivity contribution in [3.05, 3.63) is 102 Å². The predicted molar refractivity (Wildman–Crippen MR) is 112 cm³/mol. The molecule has 5 rings (SSSR count). The van der Waals surface area contributed by atoms with Gasteiger partial charge in [-0.05, 0) is 35.0 Å². The Morgan fingerprint density at radius 1 is 0.769 bits per heavy atom. The molecule has 2 atom stereocenters.